The first kappa shape index (κ1) is 9.93. The molecule has 78 valence electrons. The zero-order chi connectivity index (χ0) is 10.5. The molecule has 1 aromatic carbocycles. The maximum Gasteiger partial charge on any atom is 0.0703 e. The van der Waals surface area contributed by atoms with E-state index in [0.29, 0.717) is 6.61 Å². The van der Waals surface area contributed by atoms with Crippen LogP contribution in [0.15, 0.2) is 36.5 Å². The highest BCUT2D eigenvalue weighted by atomic mass is 16.5. The SMILES string of the molecule is COCCNc1cnc2ccccc2c1. The summed E-state index contributed by atoms with van der Waals surface area (Å²) in [5.74, 6) is 0. The summed E-state index contributed by atoms with van der Waals surface area (Å²) in [6.07, 6.45) is 1.85. The average Bonchev–Trinajstić information content (AvgIpc) is 2.29. The van der Waals surface area contributed by atoms with E-state index < -0.39 is 0 Å². The fourth-order valence-corrected chi connectivity index (χ4v) is 1.47. The largest absolute Gasteiger partial charge is 0.383 e. The molecule has 0 aliphatic rings. The van der Waals surface area contributed by atoms with Gasteiger partial charge in [0.2, 0.25) is 0 Å². The van der Waals surface area contributed by atoms with E-state index in [4.69, 9.17) is 4.74 Å². The highest BCUT2D eigenvalue weighted by Gasteiger charge is 1.95. The summed E-state index contributed by atoms with van der Waals surface area (Å²) in [7, 11) is 1.69. The Bertz CT molecular complexity index is 442. The molecule has 0 atom stereocenters. The molecule has 3 heteroatoms. The van der Waals surface area contributed by atoms with E-state index in [2.05, 4.69) is 22.4 Å². The fraction of sp³-hybridized carbons (Fsp3) is 0.250. The van der Waals surface area contributed by atoms with Crippen LogP contribution in [0.4, 0.5) is 5.69 Å². The van der Waals surface area contributed by atoms with Crippen molar-refractivity contribution in [3.8, 4) is 0 Å². The van der Waals surface area contributed by atoms with Crippen LogP contribution in [-0.4, -0.2) is 25.2 Å². The maximum absolute atomic E-state index is 4.97. The number of anilines is 1. The van der Waals surface area contributed by atoms with E-state index in [1.54, 1.807) is 7.11 Å². The summed E-state index contributed by atoms with van der Waals surface area (Å²) in [6.45, 7) is 1.50. The number of nitrogens with one attached hydrogen (secondary N) is 1. The molecule has 0 aliphatic carbocycles. The number of aromatic nitrogens is 1. The van der Waals surface area contributed by atoms with Crippen LogP contribution in [0.2, 0.25) is 0 Å². The monoisotopic (exact) mass is 202 g/mol. The van der Waals surface area contributed by atoms with Crippen molar-refractivity contribution in [2.24, 2.45) is 0 Å². The minimum absolute atomic E-state index is 0.701. The van der Waals surface area contributed by atoms with Gasteiger partial charge in [-0.2, -0.15) is 0 Å². The van der Waals surface area contributed by atoms with E-state index >= 15 is 0 Å². The molecular formula is C12H14N2O. The van der Waals surface area contributed by atoms with Gasteiger partial charge in [-0.25, -0.2) is 0 Å². The van der Waals surface area contributed by atoms with Crippen molar-refractivity contribution in [1.82, 2.24) is 4.98 Å². The Balaban J connectivity index is 2.16. The summed E-state index contributed by atoms with van der Waals surface area (Å²) < 4.78 is 4.97. The van der Waals surface area contributed by atoms with Gasteiger partial charge in [0.25, 0.3) is 0 Å². The molecule has 1 aromatic heterocycles. The number of para-hydroxylation sites is 1. The van der Waals surface area contributed by atoms with Crippen molar-refractivity contribution in [3.63, 3.8) is 0 Å². The number of ether oxygens (including phenoxy) is 1. The lowest BCUT2D eigenvalue weighted by Crippen LogP contribution is -2.07. The summed E-state index contributed by atoms with van der Waals surface area (Å²) >= 11 is 0. The van der Waals surface area contributed by atoms with Gasteiger partial charge in [0.15, 0.2) is 0 Å². The Hall–Kier alpha value is -1.61. The minimum Gasteiger partial charge on any atom is -0.383 e. The Morgan fingerprint density at radius 1 is 1.33 bits per heavy atom. The van der Waals surface area contributed by atoms with Gasteiger partial charge in [0.05, 0.1) is 24.0 Å². The lowest BCUT2D eigenvalue weighted by molar-refractivity contribution is 0.211. The van der Waals surface area contributed by atoms with Gasteiger partial charge in [-0.05, 0) is 12.1 Å². The van der Waals surface area contributed by atoms with Crippen LogP contribution >= 0.6 is 0 Å². The van der Waals surface area contributed by atoms with E-state index in [9.17, 15) is 0 Å². The van der Waals surface area contributed by atoms with Gasteiger partial charge in [-0.1, -0.05) is 18.2 Å². The van der Waals surface area contributed by atoms with E-state index in [1.807, 2.05) is 24.4 Å². The molecular weight excluding hydrogens is 188 g/mol. The maximum atomic E-state index is 4.97. The third-order valence-electron chi connectivity index (χ3n) is 2.23. The molecule has 2 aromatic rings. The first-order valence-electron chi connectivity index (χ1n) is 4.98. The number of nitrogens with zero attached hydrogens (tertiary/aromatic N) is 1. The van der Waals surface area contributed by atoms with Gasteiger partial charge in [-0.3, -0.25) is 4.98 Å². The van der Waals surface area contributed by atoms with Crippen molar-refractivity contribution in [2.75, 3.05) is 25.6 Å². The Morgan fingerprint density at radius 2 is 2.20 bits per heavy atom. The highest BCUT2D eigenvalue weighted by molar-refractivity contribution is 5.81. The third-order valence-corrected chi connectivity index (χ3v) is 2.23. The summed E-state index contributed by atoms with van der Waals surface area (Å²) in [5, 5.41) is 4.40. The average molecular weight is 202 g/mol. The van der Waals surface area contributed by atoms with E-state index in [1.165, 1.54) is 0 Å². The van der Waals surface area contributed by atoms with Crippen molar-refractivity contribution in [2.45, 2.75) is 0 Å². The number of hydrogen-bond donors (Lipinski definition) is 1. The van der Waals surface area contributed by atoms with Gasteiger partial charge in [0, 0.05) is 19.0 Å². The first-order valence-corrected chi connectivity index (χ1v) is 4.98. The van der Waals surface area contributed by atoms with Crippen LogP contribution in [0, 0.1) is 0 Å². The topological polar surface area (TPSA) is 34.1 Å². The predicted octanol–water partition coefficient (Wildman–Crippen LogP) is 2.29. The number of rotatable bonds is 4. The molecule has 0 saturated carbocycles. The zero-order valence-electron chi connectivity index (χ0n) is 8.73. The third kappa shape index (κ3) is 2.44. The number of benzene rings is 1. The lowest BCUT2D eigenvalue weighted by Gasteiger charge is -2.05. The van der Waals surface area contributed by atoms with Crippen LogP contribution < -0.4 is 5.32 Å². The van der Waals surface area contributed by atoms with Crippen molar-refractivity contribution < 1.29 is 4.74 Å². The highest BCUT2D eigenvalue weighted by Crippen LogP contribution is 2.15. The van der Waals surface area contributed by atoms with E-state index in [0.717, 1.165) is 23.1 Å². The molecule has 0 radical (unpaired) electrons. The van der Waals surface area contributed by atoms with Gasteiger partial charge in [-0.15, -0.1) is 0 Å². The number of pyridine rings is 1. The number of hydrogen-bond acceptors (Lipinski definition) is 3. The Morgan fingerprint density at radius 3 is 3.07 bits per heavy atom. The van der Waals surface area contributed by atoms with Gasteiger partial charge < -0.3 is 10.1 Å². The quantitative estimate of drug-likeness (QED) is 0.772. The number of fused-ring (bicyclic) bond motifs is 1. The normalized spacial score (nSPS) is 10.5. The molecule has 0 bridgehead atoms. The molecule has 0 spiro atoms. The van der Waals surface area contributed by atoms with Gasteiger partial charge in [0.1, 0.15) is 0 Å². The van der Waals surface area contributed by atoms with Crippen molar-refractivity contribution in [1.29, 1.82) is 0 Å². The molecule has 3 nitrogen and oxygen atoms in total. The lowest BCUT2D eigenvalue weighted by atomic mass is 10.2. The Labute approximate surface area is 89.1 Å². The zero-order valence-corrected chi connectivity index (χ0v) is 8.73. The molecule has 2 rings (SSSR count). The van der Waals surface area contributed by atoms with Crippen LogP contribution in [-0.2, 0) is 4.74 Å². The molecule has 1 N–H and O–H groups in total. The van der Waals surface area contributed by atoms with E-state index in [-0.39, 0.29) is 0 Å². The fourth-order valence-electron chi connectivity index (χ4n) is 1.47. The predicted molar refractivity (Wildman–Crippen MR) is 62.1 cm³/mol. The number of methoxy groups -OCH3 is 1. The first-order chi connectivity index (χ1) is 7.40. The second kappa shape index (κ2) is 4.75. The van der Waals surface area contributed by atoms with Crippen LogP contribution in [0.25, 0.3) is 10.9 Å². The minimum atomic E-state index is 0.701. The van der Waals surface area contributed by atoms with Gasteiger partial charge >= 0.3 is 0 Å². The second-order valence-corrected chi connectivity index (χ2v) is 3.34. The molecule has 1 heterocycles. The standard InChI is InChI=1S/C12H14N2O/c1-15-7-6-13-11-8-10-4-2-3-5-12(10)14-9-11/h2-5,8-9,13H,6-7H2,1H3. The summed E-state index contributed by atoms with van der Waals surface area (Å²) in [4.78, 5) is 4.36. The van der Waals surface area contributed by atoms with Crippen LogP contribution in [0.5, 0.6) is 0 Å². The van der Waals surface area contributed by atoms with Crippen molar-refractivity contribution >= 4 is 16.6 Å². The molecule has 0 fully saturated rings. The second-order valence-electron chi connectivity index (χ2n) is 3.34. The summed E-state index contributed by atoms with van der Waals surface area (Å²) in [6, 6.07) is 10.2. The molecule has 15 heavy (non-hydrogen) atoms. The molecule has 0 saturated heterocycles. The summed E-state index contributed by atoms with van der Waals surface area (Å²) in [5.41, 5.74) is 2.06. The molecule has 0 aliphatic heterocycles. The smallest absolute Gasteiger partial charge is 0.0703 e. The van der Waals surface area contributed by atoms with Crippen LogP contribution in [0.3, 0.4) is 0 Å². The molecule has 0 unspecified atom stereocenters. The van der Waals surface area contributed by atoms with Crippen LogP contribution in [0.1, 0.15) is 0 Å². The van der Waals surface area contributed by atoms with Crippen molar-refractivity contribution in [3.05, 3.63) is 36.5 Å². The Kier molecular flexibility index (Phi) is 3.15. The molecule has 0 amide bonds.